The molecule has 0 aromatic heterocycles. The number of benzene rings is 1. The van der Waals surface area contributed by atoms with Crippen molar-refractivity contribution in [3.05, 3.63) is 24.3 Å². The predicted octanol–water partition coefficient (Wildman–Crippen LogP) is -0.758. The van der Waals surface area contributed by atoms with Crippen molar-refractivity contribution in [3.63, 3.8) is 0 Å². The molecule has 1 amide bonds. The lowest BCUT2D eigenvalue weighted by molar-refractivity contribution is -0.119. The lowest BCUT2D eigenvalue weighted by Gasteiger charge is -2.11. The topological polar surface area (TPSA) is 123 Å². The zero-order chi connectivity index (χ0) is 14.8. The lowest BCUT2D eigenvalue weighted by Crippen LogP contribution is -2.42. The van der Waals surface area contributed by atoms with Gasteiger partial charge in [0.1, 0.15) is 0 Å². The van der Waals surface area contributed by atoms with Gasteiger partial charge in [-0.2, -0.15) is 4.72 Å². The second-order valence-electron chi connectivity index (χ2n) is 3.99. The highest BCUT2D eigenvalue weighted by Crippen LogP contribution is 2.14. The molecule has 1 aromatic carbocycles. The second-order valence-corrected chi connectivity index (χ2v) is 7.72. The molecule has 0 aliphatic heterocycles. The fraction of sp³-hybridized carbons (Fsp3) is 0.300. The van der Waals surface area contributed by atoms with Crippen molar-refractivity contribution in [3.8, 4) is 0 Å². The molecule has 9 heteroatoms. The molecule has 0 spiro atoms. The van der Waals surface area contributed by atoms with E-state index in [0.29, 0.717) is 0 Å². The maximum absolute atomic E-state index is 11.8. The molecule has 1 unspecified atom stereocenters. The Hall–Kier alpha value is -1.45. The van der Waals surface area contributed by atoms with Crippen LogP contribution in [0.3, 0.4) is 0 Å². The fourth-order valence-corrected chi connectivity index (χ4v) is 3.07. The predicted molar refractivity (Wildman–Crippen MR) is 68.5 cm³/mol. The summed E-state index contributed by atoms with van der Waals surface area (Å²) in [5.41, 5.74) is 4.96. The zero-order valence-corrected chi connectivity index (χ0v) is 12.0. The minimum atomic E-state index is -3.91. The number of sulfonamides is 1. The molecule has 0 saturated heterocycles. The van der Waals surface area contributed by atoms with E-state index in [9.17, 15) is 21.6 Å². The number of carbonyl (C=O) groups excluding carboxylic acids is 1. The number of sulfone groups is 1. The number of primary amides is 1. The number of nitrogens with two attached hydrogens (primary N) is 1. The molecular formula is C10H14N2O5S2. The number of nitrogens with one attached hydrogen (secondary N) is 1. The van der Waals surface area contributed by atoms with Crippen molar-refractivity contribution in [1.82, 2.24) is 4.72 Å². The van der Waals surface area contributed by atoms with Gasteiger partial charge in [0.25, 0.3) is 0 Å². The van der Waals surface area contributed by atoms with E-state index in [-0.39, 0.29) is 9.79 Å². The zero-order valence-electron chi connectivity index (χ0n) is 10.3. The highest BCUT2D eigenvalue weighted by molar-refractivity contribution is 7.90. The molecule has 0 aliphatic rings. The van der Waals surface area contributed by atoms with Gasteiger partial charge >= 0.3 is 0 Å². The average Bonchev–Trinajstić information content (AvgIpc) is 2.27. The largest absolute Gasteiger partial charge is 0.368 e. The van der Waals surface area contributed by atoms with Gasteiger partial charge in [0.2, 0.25) is 15.9 Å². The van der Waals surface area contributed by atoms with Crippen molar-refractivity contribution in [2.24, 2.45) is 5.73 Å². The van der Waals surface area contributed by atoms with Crippen molar-refractivity contribution in [2.45, 2.75) is 22.8 Å². The summed E-state index contributed by atoms with van der Waals surface area (Å²) in [4.78, 5) is 10.7. The molecule has 0 radical (unpaired) electrons. The van der Waals surface area contributed by atoms with Crippen molar-refractivity contribution in [1.29, 1.82) is 0 Å². The van der Waals surface area contributed by atoms with Gasteiger partial charge in [-0.05, 0) is 31.2 Å². The number of hydrogen-bond acceptors (Lipinski definition) is 5. The molecule has 7 nitrogen and oxygen atoms in total. The molecule has 0 bridgehead atoms. The summed E-state index contributed by atoms with van der Waals surface area (Å²) in [6.45, 7) is 1.31. The molecule has 1 aromatic rings. The van der Waals surface area contributed by atoms with Crippen LogP contribution in [0.15, 0.2) is 34.1 Å². The third-order valence-electron chi connectivity index (χ3n) is 2.32. The summed E-state index contributed by atoms with van der Waals surface area (Å²) in [6, 6.07) is 3.59. The monoisotopic (exact) mass is 306 g/mol. The molecule has 0 saturated carbocycles. The Morgan fingerprint density at radius 3 is 1.89 bits per heavy atom. The van der Waals surface area contributed by atoms with Gasteiger partial charge in [0.15, 0.2) is 9.84 Å². The molecular weight excluding hydrogens is 292 g/mol. The van der Waals surface area contributed by atoms with E-state index in [1.807, 2.05) is 0 Å². The van der Waals surface area contributed by atoms with Gasteiger partial charge in [0, 0.05) is 6.26 Å². The number of amides is 1. The highest BCUT2D eigenvalue weighted by atomic mass is 32.2. The van der Waals surface area contributed by atoms with Crippen LogP contribution in [-0.4, -0.2) is 35.0 Å². The van der Waals surface area contributed by atoms with Crippen molar-refractivity contribution < 1.29 is 21.6 Å². The number of hydrogen-bond donors (Lipinski definition) is 2. The first-order valence-corrected chi connectivity index (χ1v) is 8.53. The standard InChI is InChI=1S/C10H14N2O5S2/c1-7(10(11)13)12-19(16,17)9-5-3-8(4-6-9)18(2,14)15/h3-7,12H,1-2H3,(H2,11,13). The van der Waals surface area contributed by atoms with Gasteiger partial charge in [-0.3, -0.25) is 4.79 Å². The number of rotatable bonds is 5. The Kier molecular flexibility index (Phi) is 4.33. The lowest BCUT2D eigenvalue weighted by atomic mass is 10.4. The Balaban J connectivity index is 3.07. The molecule has 19 heavy (non-hydrogen) atoms. The number of carbonyl (C=O) groups is 1. The first kappa shape index (κ1) is 15.6. The molecule has 106 valence electrons. The van der Waals surface area contributed by atoms with Gasteiger partial charge in [-0.25, -0.2) is 16.8 Å². The maximum atomic E-state index is 11.8. The van der Waals surface area contributed by atoms with Crippen molar-refractivity contribution >= 4 is 25.8 Å². The summed E-state index contributed by atoms with van der Waals surface area (Å²) in [7, 11) is -7.30. The highest BCUT2D eigenvalue weighted by Gasteiger charge is 2.20. The first-order chi connectivity index (χ1) is 8.54. The molecule has 0 aliphatic carbocycles. The third kappa shape index (κ3) is 4.01. The Labute approximate surface area is 111 Å². The van der Waals surface area contributed by atoms with Crippen LogP contribution in [0.25, 0.3) is 0 Å². The van der Waals surface area contributed by atoms with Gasteiger partial charge in [-0.15, -0.1) is 0 Å². The Bertz CT molecular complexity index is 677. The summed E-state index contributed by atoms with van der Waals surface area (Å²) in [5, 5.41) is 0. The molecule has 3 N–H and O–H groups in total. The minimum Gasteiger partial charge on any atom is -0.368 e. The fourth-order valence-electron chi connectivity index (χ4n) is 1.22. The van der Waals surface area contributed by atoms with E-state index in [2.05, 4.69) is 4.72 Å². The smallest absolute Gasteiger partial charge is 0.241 e. The van der Waals surface area contributed by atoms with Crippen LogP contribution in [0.4, 0.5) is 0 Å². The summed E-state index contributed by atoms with van der Waals surface area (Å²) in [5.74, 6) is -0.809. The molecule has 1 atom stereocenters. The quantitative estimate of drug-likeness (QED) is 0.740. The van der Waals surface area contributed by atoms with Gasteiger partial charge < -0.3 is 5.73 Å². The third-order valence-corrected chi connectivity index (χ3v) is 5.01. The van der Waals surface area contributed by atoms with E-state index in [0.717, 1.165) is 18.4 Å². The van der Waals surface area contributed by atoms with Crippen LogP contribution < -0.4 is 10.5 Å². The Morgan fingerprint density at radius 2 is 1.53 bits per heavy atom. The average molecular weight is 306 g/mol. The van der Waals surface area contributed by atoms with Crippen LogP contribution in [0.2, 0.25) is 0 Å². The van der Waals surface area contributed by atoms with Crippen LogP contribution in [0.5, 0.6) is 0 Å². The van der Waals surface area contributed by atoms with E-state index in [1.165, 1.54) is 19.1 Å². The van der Waals surface area contributed by atoms with Crippen molar-refractivity contribution in [2.75, 3.05) is 6.26 Å². The van der Waals surface area contributed by atoms with E-state index in [1.54, 1.807) is 0 Å². The van der Waals surface area contributed by atoms with Crippen LogP contribution >= 0.6 is 0 Å². The summed E-state index contributed by atoms with van der Waals surface area (Å²) < 4.78 is 48.2. The van der Waals surface area contributed by atoms with E-state index in [4.69, 9.17) is 5.73 Å². The summed E-state index contributed by atoms with van der Waals surface area (Å²) >= 11 is 0. The summed E-state index contributed by atoms with van der Waals surface area (Å²) in [6.07, 6.45) is 1.02. The van der Waals surface area contributed by atoms with Gasteiger partial charge in [-0.1, -0.05) is 0 Å². The van der Waals surface area contributed by atoms with Crippen LogP contribution in [-0.2, 0) is 24.7 Å². The van der Waals surface area contributed by atoms with Gasteiger partial charge in [0.05, 0.1) is 15.8 Å². The molecule has 0 heterocycles. The SMILES string of the molecule is CC(NS(=O)(=O)c1ccc(S(C)(=O)=O)cc1)C(N)=O. The second kappa shape index (κ2) is 5.27. The normalized spacial score (nSPS) is 14.0. The minimum absolute atomic E-state index is 0.00870. The molecule has 0 fully saturated rings. The van der Waals surface area contributed by atoms with E-state index < -0.39 is 31.8 Å². The van der Waals surface area contributed by atoms with Crippen LogP contribution in [0, 0.1) is 0 Å². The maximum Gasteiger partial charge on any atom is 0.241 e. The first-order valence-electron chi connectivity index (χ1n) is 5.16. The Morgan fingerprint density at radius 1 is 1.11 bits per heavy atom. The molecule has 1 rings (SSSR count). The van der Waals surface area contributed by atoms with E-state index >= 15 is 0 Å². The van der Waals surface area contributed by atoms with Crippen LogP contribution in [0.1, 0.15) is 6.92 Å².